The van der Waals surface area contributed by atoms with Gasteiger partial charge < -0.3 is 9.84 Å². The van der Waals surface area contributed by atoms with Crippen LogP contribution in [0.25, 0.3) is 0 Å². The fraction of sp³-hybridized carbons (Fsp3) is 0.844. The molecule has 208 valence electrons. The second-order valence-electron chi connectivity index (χ2n) is 14.5. The van der Waals surface area contributed by atoms with Crippen molar-refractivity contribution in [2.45, 2.75) is 126 Å². The molecule has 0 bridgehead atoms. The molecule has 1 N–H and O–H groups in total. The van der Waals surface area contributed by atoms with E-state index in [1.165, 1.54) is 18.1 Å². The highest BCUT2D eigenvalue weighted by atomic mass is 16.5. The van der Waals surface area contributed by atoms with Crippen LogP contribution in [0.5, 0.6) is 0 Å². The maximum atomic E-state index is 12.9. The quantitative estimate of drug-likeness (QED) is 0.325. The molecule has 0 radical (unpaired) electrons. The van der Waals surface area contributed by atoms with E-state index in [0.29, 0.717) is 31.0 Å². The molecule has 0 aromatic rings. The average Bonchev–Trinajstić information content (AvgIpc) is 3.13. The summed E-state index contributed by atoms with van der Waals surface area (Å²) >= 11 is 0. The van der Waals surface area contributed by atoms with E-state index in [9.17, 15) is 19.5 Å². The number of aliphatic hydroxyl groups excluding tert-OH is 1. The van der Waals surface area contributed by atoms with E-state index in [2.05, 4.69) is 41.5 Å². The monoisotopic (exact) mass is 514 g/mol. The Morgan fingerprint density at radius 2 is 1.68 bits per heavy atom. The van der Waals surface area contributed by atoms with Gasteiger partial charge in [0.15, 0.2) is 11.9 Å². The number of ketones is 2. The van der Waals surface area contributed by atoms with Crippen LogP contribution < -0.4 is 0 Å². The number of carbonyl (C=O) groups excluding carboxylic acids is 3. The molecule has 0 aliphatic heterocycles. The van der Waals surface area contributed by atoms with Crippen LogP contribution in [0, 0.1) is 45.3 Å². The van der Waals surface area contributed by atoms with E-state index in [1.54, 1.807) is 0 Å². The lowest BCUT2D eigenvalue weighted by Crippen LogP contribution is -2.65. The minimum atomic E-state index is -0.722. The maximum absolute atomic E-state index is 12.9. The number of allylic oxidation sites excluding steroid dienone is 1. The molecule has 0 aromatic carbocycles. The van der Waals surface area contributed by atoms with Gasteiger partial charge in [-0.15, -0.1) is 0 Å². The lowest BCUT2D eigenvalue weighted by molar-refractivity contribution is -0.208. The summed E-state index contributed by atoms with van der Waals surface area (Å²) in [5.41, 5.74) is 2.29. The normalized spacial score (nSPS) is 40.5. The second-order valence-corrected chi connectivity index (χ2v) is 14.5. The molecule has 4 aliphatic carbocycles. The third-order valence-electron chi connectivity index (χ3n) is 12.0. The zero-order chi connectivity index (χ0) is 27.7. The summed E-state index contributed by atoms with van der Waals surface area (Å²) in [6.45, 7) is 18.7. The van der Waals surface area contributed by atoms with Gasteiger partial charge in [0.05, 0.1) is 6.10 Å². The van der Waals surface area contributed by atoms with Crippen LogP contribution in [0.1, 0.15) is 114 Å². The molecular weight excluding hydrogens is 464 g/mol. The standard InChI is InChI=1S/C32H50O5/c1-18(2)27(36)24(37-20(4)33)16-19(3)21-10-14-31(8)22(21)17-23(34)28-30(7)13-12-26(35)29(5,6)25(30)11-15-32(28,31)9/h18-19,23-25,28,34H,10-17H2,1-9H3/t19-,23+,24+,25+,28-,30+,31+,32+/m1/s1. The molecule has 5 heteroatoms. The second kappa shape index (κ2) is 9.31. The molecule has 3 saturated carbocycles. The van der Waals surface area contributed by atoms with Crippen molar-refractivity contribution in [1.82, 2.24) is 0 Å². The molecule has 0 aromatic heterocycles. The third kappa shape index (κ3) is 4.17. The van der Waals surface area contributed by atoms with Gasteiger partial charge in [0.25, 0.3) is 0 Å². The molecule has 4 rings (SSSR count). The van der Waals surface area contributed by atoms with E-state index in [4.69, 9.17) is 4.74 Å². The maximum Gasteiger partial charge on any atom is 0.303 e. The Morgan fingerprint density at radius 3 is 2.27 bits per heavy atom. The fourth-order valence-corrected chi connectivity index (χ4v) is 9.93. The first kappa shape index (κ1) is 28.5. The lowest BCUT2D eigenvalue weighted by Gasteiger charge is -2.69. The van der Waals surface area contributed by atoms with Crippen molar-refractivity contribution in [3.05, 3.63) is 11.1 Å². The van der Waals surface area contributed by atoms with Crippen LogP contribution in [-0.4, -0.2) is 34.9 Å². The number of hydrogen-bond acceptors (Lipinski definition) is 5. The summed E-state index contributed by atoms with van der Waals surface area (Å²) in [5, 5.41) is 11.9. The zero-order valence-electron chi connectivity index (χ0n) is 24.7. The minimum absolute atomic E-state index is 0.0148. The Balaban J connectivity index is 1.69. The molecule has 3 fully saturated rings. The van der Waals surface area contributed by atoms with Crippen molar-refractivity contribution in [1.29, 1.82) is 0 Å². The van der Waals surface area contributed by atoms with Gasteiger partial charge >= 0.3 is 5.97 Å². The van der Waals surface area contributed by atoms with Gasteiger partial charge in [-0.1, -0.05) is 66.5 Å². The van der Waals surface area contributed by atoms with Gasteiger partial charge in [0, 0.05) is 24.7 Å². The van der Waals surface area contributed by atoms with E-state index in [0.717, 1.165) is 32.1 Å². The molecule has 0 spiro atoms. The van der Waals surface area contributed by atoms with Crippen LogP contribution in [0.4, 0.5) is 0 Å². The van der Waals surface area contributed by atoms with Crippen LogP contribution in [0.2, 0.25) is 0 Å². The Labute approximate surface area is 224 Å². The predicted molar refractivity (Wildman–Crippen MR) is 145 cm³/mol. The topological polar surface area (TPSA) is 80.7 Å². The number of aliphatic hydroxyl groups is 1. The number of carbonyl (C=O) groups is 3. The summed E-state index contributed by atoms with van der Waals surface area (Å²) in [5.74, 6) is 0.314. The molecule has 0 heterocycles. The first-order valence-corrected chi connectivity index (χ1v) is 14.7. The van der Waals surface area contributed by atoms with Gasteiger partial charge in [-0.25, -0.2) is 0 Å². The summed E-state index contributed by atoms with van der Waals surface area (Å²) in [7, 11) is 0. The average molecular weight is 515 g/mol. The summed E-state index contributed by atoms with van der Waals surface area (Å²) in [4.78, 5) is 37.5. The zero-order valence-corrected chi connectivity index (χ0v) is 24.7. The largest absolute Gasteiger partial charge is 0.455 e. The number of fused-ring (bicyclic) bond motifs is 5. The van der Waals surface area contributed by atoms with Crippen molar-refractivity contribution in [3.63, 3.8) is 0 Å². The van der Waals surface area contributed by atoms with Gasteiger partial charge in [0.1, 0.15) is 5.78 Å². The third-order valence-corrected chi connectivity index (χ3v) is 12.0. The molecular formula is C32H50O5. The first-order chi connectivity index (χ1) is 17.0. The molecule has 5 nitrogen and oxygen atoms in total. The predicted octanol–water partition coefficient (Wildman–Crippen LogP) is 6.46. The van der Waals surface area contributed by atoms with Gasteiger partial charge in [-0.05, 0) is 78.9 Å². The highest BCUT2D eigenvalue weighted by Gasteiger charge is 2.69. The van der Waals surface area contributed by atoms with Gasteiger partial charge in [-0.3, -0.25) is 14.4 Å². The number of ether oxygens (including phenoxy) is 1. The number of rotatable bonds is 6. The van der Waals surface area contributed by atoms with E-state index in [1.807, 2.05) is 13.8 Å². The van der Waals surface area contributed by atoms with Crippen LogP contribution in [0.3, 0.4) is 0 Å². The minimum Gasteiger partial charge on any atom is -0.455 e. The Hall–Kier alpha value is -1.49. The van der Waals surface area contributed by atoms with Crippen LogP contribution in [-0.2, 0) is 19.1 Å². The van der Waals surface area contributed by atoms with Crippen LogP contribution in [0.15, 0.2) is 11.1 Å². The highest BCUT2D eigenvalue weighted by Crippen LogP contribution is 2.74. The number of esters is 1. The summed E-state index contributed by atoms with van der Waals surface area (Å²) in [6, 6.07) is 0. The Bertz CT molecular complexity index is 1010. The molecule has 8 atom stereocenters. The van der Waals surface area contributed by atoms with E-state index < -0.39 is 18.2 Å². The van der Waals surface area contributed by atoms with Crippen molar-refractivity contribution in [2.75, 3.05) is 0 Å². The van der Waals surface area contributed by atoms with E-state index >= 15 is 0 Å². The Morgan fingerprint density at radius 1 is 1.03 bits per heavy atom. The van der Waals surface area contributed by atoms with Gasteiger partial charge in [0.2, 0.25) is 0 Å². The van der Waals surface area contributed by atoms with Crippen LogP contribution >= 0.6 is 0 Å². The van der Waals surface area contributed by atoms with Crippen molar-refractivity contribution >= 4 is 17.5 Å². The fourth-order valence-electron chi connectivity index (χ4n) is 9.93. The van der Waals surface area contributed by atoms with Gasteiger partial charge in [-0.2, -0.15) is 0 Å². The smallest absolute Gasteiger partial charge is 0.303 e. The lowest BCUT2D eigenvalue weighted by atomic mass is 9.36. The summed E-state index contributed by atoms with van der Waals surface area (Å²) in [6.07, 6.45) is 5.57. The molecule has 4 aliphatic rings. The molecule has 37 heavy (non-hydrogen) atoms. The summed E-state index contributed by atoms with van der Waals surface area (Å²) < 4.78 is 5.50. The van der Waals surface area contributed by atoms with Crippen molar-refractivity contribution in [2.24, 2.45) is 45.3 Å². The SMILES string of the molecule is CC(=O)O[C@@H](C[C@@H](C)C1=C2C[C@H](O)[C@@H]3[C@@]4(C)CCC(=O)C(C)(C)[C@@H]4CC[C@]3(C)[C@@]2(C)CC1)C(=O)C(C)C. The molecule has 0 unspecified atom stereocenters. The molecule has 0 saturated heterocycles. The Kier molecular flexibility index (Phi) is 7.18. The number of hydrogen-bond donors (Lipinski definition) is 1. The van der Waals surface area contributed by atoms with Crippen molar-refractivity contribution in [3.8, 4) is 0 Å². The number of Topliss-reactive ketones (excluding diaryl/α,β-unsaturated/α-hetero) is 2. The molecule has 0 amide bonds. The highest BCUT2D eigenvalue weighted by molar-refractivity contribution is 5.87. The van der Waals surface area contributed by atoms with E-state index in [-0.39, 0.29) is 45.2 Å². The van der Waals surface area contributed by atoms with Crippen molar-refractivity contribution < 1.29 is 24.2 Å². The first-order valence-electron chi connectivity index (χ1n) is 14.7.